The van der Waals surface area contributed by atoms with E-state index < -0.39 is 30.3 Å². The highest BCUT2D eigenvalue weighted by atomic mass is 35.5. The van der Waals surface area contributed by atoms with Crippen LogP contribution >= 0.6 is 11.6 Å². The van der Waals surface area contributed by atoms with Crippen molar-refractivity contribution < 1.29 is 37.0 Å². The van der Waals surface area contributed by atoms with Crippen LogP contribution in [-0.2, 0) is 11.3 Å². The molecule has 1 aliphatic rings. The third-order valence-corrected chi connectivity index (χ3v) is 6.02. The first-order valence-electron chi connectivity index (χ1n) is 13.0. The van der Waals surface area contributed by atoms with E-state index in [1.807, 2.05) is 0 Å². The number of alkyl halides is 2. The SMILES string of the molecule is C[C@H](NC(=O)OC(C)(C)C)c1oc(-c2ccc(OC(F)F)c(OCC3CC3)c2)nc1C(=O)NCc1ccc(Cl)cn1. The van der Waals surface area contributed by atoms with Gasteiger partial charge in [-0.25, -0.2) is 9.78 Å². The Morgan fingerprint density at radius 1 is 1.17 bits per heavy atom. The van der Waals surface area contributed by atoms with Crippen molar-refractivity contribution in [1.29, 1.82) is 0 Å². The topological polar surface area (TPSA) is 125 Å². The highest BCUT2D eigenvalue weighted by molar-refractivity contribution is 6.30. The van der Waals surface area contributed by atoms with Gasteiger partial charge in [-0.2, -0.15) is 8.78 Å². The maximum atomic E-state index is 13.2. The first-order chi connectivity index (χ1) is 19.4. The summed E-state index contributed by atoms with van der Waals surface area (Å²) in [5, 5.41) is 5.83. The molecule has 10 nitrogen and oxygen atoms in total. The standard InChI is InChI=1S/C28H31ClF2N4O6/c1-15(34-27(37)41-28(2,3)4)23-22(24(36)33-13-19-9-8-18(29)12-32-19)35-25(40-23)17-7-10-20(39-26(30)31)21(11-17)38-14-16-5-6-16/h7-12,15-16,26H,5-6,13-14H2,1-4H3,(H,33,36)(H,34,37)/t15-/m0/s1. The van der Waals surface area contributed by atoms with Crippen LogP contribution in [0.4, 0.5) is 13.6 Å². The van der Waals surface area contributed by atoms with Crippen LogP contribution in [0.25, 0.3) is 11.5 Å². The van der Waals surface area contributed by atoms with Crippen molar-refractivity contribution in [3.63, 3.8) is 0 Å². The first-order valence-corrected chi connectivity index (χ1v) is 13.4. The number of pyridine rings is 1. The summed E-state index contributed by atoms with van der Waals surface area (Å²) in [5.74, 6) is -0.212. The monoisotopic (exact) mass is 592 g/mol. The predicted octanol–water partition coefficient (Wildman–Crippen LogP) is 6.30. The number of nitrogens with one attached hydrogen (secondary N) is 2. The number of amides is 2. The number of nitrogens with zero attached hydrogens (tertiary/aromatic N) is 2. The fourth-order valence-electron chi connectivity index (χ4n) is 3.67. The summed E-state index contributed by atoms with van der Waals surface area (Å²) in [7, 11) is 0. The maximum absolute atomic E-state index is 13.2. The number of carbonyl (C=O) groups is 2. The van der Waals surface area contributed by atoms with E-state index in [0.717, 1.165) is 12.8 Å². The fraction of sp³-hybridized carbons (Fsp3) is 0.429. The summed E-state index contributed by atoms with van der Waals surface area (Å²) in [6.07, 6.45) is 2.74. The fourth-order valence-corrected chi connectivity index (χ4v) is 3.78. The van der Waals surface area contributed by atoms with E-state index in [2.05, 4.69) is 25.3 Å². The molecule has 1 atom stereocenters. The van der Waals surface area contributed by atoms with Gasteiger partial charge in [0.2, 0.25) is 5.89 Å². The average molecular weight is 593 g/mol. The Labute approximate surface area is 240 Å². The number of hydrogen-bond acceptors (Lipinski definition) is 8. The maximum Gasteiger partial charge on any atom is 0.408 e. The van der Waals surface area contributed by atoms with Gasteiger partial charge in [-0.3, -0.25) is 9.78 Å². The van der Waals surface area contributed by atoms with Gasteiger partial charge in [0, 0.05) is 11.8 Å². The third kappa shape index (κ3) is 8.78. The van der Waals surface area contributed by atoms with Gasteiger partial charge < -0.3 is 29.3 Å². The van der Waals surface area contributed by atoms with Gasteiger partial charge in [0.15, 0.2) is 23.0 Å². The molecule has 0 bridgehead atoms. The van der Waals surface area contributed by atoms with Crippen molar-refractivity contribution in [2.24, 2.45) is 5.92 Å². The van der Waals surface area contributed by atoms with E-state index in [1.165, 1.54) is 24.4 Å². The second kappa shape index (κ2) is 12.7. The zero-order chi connectivity index (χ0) is 29.7. The number of carbonyl (C=O) groups excluding carboxylic acids is 2. The molecule has 1 aliphatic carbocycles. The lowest BCUT2D eigenvalue weighted by atomic mass is 10.2. The molecule has 1 saturated carbocycles. The summed E-state index contributed by atoms with van der Waals surface area (Å²) in [4.78, 5) is 34.2. The van der Waals surface area contributed by atoms with Crippen LogP contribution in [-0.4, -0.2) is 40.8 Å². The van der Waals surface area contributed by atoms with Gasteiger partial charge >= 0.3 is 12.7 Å². The number of rotatable bonds is 11. The molecule has 4 rings (SSSR count). The number of alkyl carbamates (subject to hydrolysis) is 1. The smallest absolute Gasteiger partial charge is 0.408 e. The number of hydrogen-bond donors (Lipinski definition) is 2. The predicted molar refractivity (Wildman–Crippen MR) is 145 cm³/mol. The zero-order valence-corrected chi connectivity index (χ0v) is 23.8. The lowest BCUT2D eigenvalue weighted by molar-refractivity contribution is -0.0515. The molecule has 2 N–H and O–H groups in total. The van der Waals surface area contributed by atoms with Crippen molar-refractivity contribution in [3.05, 3.63) is 58.7 Å². The molecular formula is C28H31ClF2N4O6. The van der Waals surface area contributed by atoms with Crippen LogP contribution in [0.15, 0.2) is 40.9 Å². The van der Waals surface area contributed by atoms with Gasteiger partial charge in [-0.05, 0) is 76.8 Å². The normalized spacial score (nSPS) is 14.0. The van der Waals surface area contributed by atoms with Crippen LogP contribution in [0.5, 0.6) is 11.5 Å². The van der Waals surface area contributed by atoms with Gasteiger partial charge in [0.1, 0.15) is 5.60 Å². The lowest BCUT2D eigenvalue weighted by Gasteiger charge is -2.21. The molecule has 0 aliphatic heterocycles. The Morgan fingerprint density at radius 2 is 1.93 bits per heavy atom. The number of halogens is 3. The second-order valence-electron chi connectivity index (χ2n) is 10.5. The Kier molecular flexibility index (Phi) is 9.31. The molecule has 2 amide bonds. The van der Waals surface area contributed by atoms with Gasteiger partial charge in [-0.1, -0.05) is 11.6 Å². The van der Waals surface area contributed by atoms with Crippen molar-refractivity contribution >= 4 is 23.6 Å². The lowest BCUT2D eigenvalue weighted by Crippen LogP contribution is -2.34. The molecule has 2 heterocycles. The summed E-state index contributed by atoms with van der Waals surface area (Å²) >= 11 is 5.88. The van der Waals surface area contributed by atoms with Crippen molar-refractivity contribution in [3.8, 4) is 23.0 Å². The average Bonchev–Trinajstić information content (AvgIpc) is 3.61. The molecule has 220 valence electrons. The summed E-state index contributed by atoms with van der Waals surface area (Å²) in [5.41, 5.74) is 0.0635. The number of benzene rings is 1. The molecule has 13 heteroatoms. The summed E-state index contributed by atoms with van der Waals surface area (Å²) in [6, 6.07) is 6.72. The van der Waals surface area contributed by atoms with Crippen LogP contribution in [0, 0.1) is 5.92 Å². The first kappa shape index (κ1) is 30.0. The largest absolute Gasteiger partial charge is 0.489 e. The minimum Gasteiger partial charge on any atom is -0.489 e. The molecule has 1 aromatic carbocycles. The Morgan fingerprint density at radius 3 is 2.56 bits per heavy atom. The number of aromatic nitrogens is 2. The van der Waals surface area contributed by atoms with Gasteiger partial charge in [0.25, 0.3) is 5.91 Å². The molecule has 2 aromatic heterocycles. The van der Waals surface area contributed by atoms with Gasteiger partial charge in [-0.15, -0.1) is 0 Å². The van der Waals surface area contributed by atoms with E-state index in [4.69, 9.17) is 25.5 Å². The molecule has 0 spiro atoms. The van der Waals surface area contributed by atoms with Crippen molar-refractivity contribution in [1.82, 2.24) is 20.6 Å². The zero-order valence-electron chi connectivity index (χ0n) is 23.0. The Bertz CT molecular complexity index is 1370. The van der Waals surface area contributed by atoms with Crippen molar-refractivity contribution in [2.75, 3.05) is 6.61 Å². The minimum atomic E-state index is -3.04. The minimum absolute atomic E-state index is 0.00692. The molecule has 1 fully saturated rings. The van der Waals surface area contributed by atoms with Crippen molar-refractivity contribution in [2.45, 2.75) is 65.3 Å². The molecule has 0 saturated heterocycles. The summed E-state index contributed by atoms with van der Waals surface area (Å²) < 4.78 is 47.6. The third-order valence-electron chi connectivity index (χ3n) is 5.79. The molecule has 41 heavy (non-hydrogen) atoms. The van der Waals surface area contributed by atoms with E-state index >= 15 is 0 Å². The van der Waals surface area contributed by atoms with E-state index in [-0.39, 0.29) is 35.4 Å². The number of oxazole rings is 1. The summed E-state index contributed by atoms with van der Waals surface area (Å²) in [6.45, 7) is 4.15. The molecule has 0 radical (unpaired) electrons. The Hall–Kier alpha value is -3.93. The highest BCUT2D eigenvalue weighted by Crippen LogP contribution is 2.37. The second-order valence-corrected chi connectivity index (χ2v) is 11.0. The molecule has 3 aromatic rings. The number of ether oxygens (including phenoxy) is 3. The van der Waals surface area contributed by atoms with Crippen LogP contribution in [0.2, 0.25) is 5.02 Å². The quantitative estimate of drug-likeness (QED) is 0.266. The highest BCUT2D eigenvalue weighted by Gasteiger charge is 2.29. The Balaban J connectivity index is 1.63. The molecular weight excluding hydrogens is 562 g/mol. The van der Waals surface area contributed by atoms with E-state index in [9.17, 15) is 18.4 Å². The van der Waals surface area contributed by atoms with Crippen LogP contribution in [0.3, 0.4) is 0 Å². The van der Waals surface area contributed by atoms with Crippen LogP contribution in [0.1, 0.15) is 68.5 Å². The van der Waals surface area contributed by atoms with Crippen LogP contribution < -0.4 is 20.1 Å². The van der Waals surface area contributed by atoms with E-state index in [0.29, 0.717) is 28.8 Å². The molecule has 0 unspecified atom stereocenters. The van der Waals surface area contributed by atoms with Gasteiger partial charge in [0.05, 0.1) is 29.9 Å². The van der Waals surface area contributed by atoms with E-state index in [1.54, 1.807) is 39.8 Å².